The van der Waals surface area contributed by atoms with Crippen LogP contribution in [0.3, 0.4) is 0 Å². The molecule has 0 radical (unpaired) electrons. The maximum atomic E-state index is 14.8. The molecule has 4 N–H and O–H groups in total. The first kappa shape index (κ1) is 28.2. The molecule has 0 spiro atoms. The Morgan fingerprint density at radius 3 is 2.31 bits per heavy atom. The van der Waals surface area contributed by atoms with Gasteiger partial charge in [-0.05, 0) is 18.2 Å². The van der Waals surface area contributed by atoms with E-state index in [9.17, 15) is 47.5 Å². The molecule has 1 aromatic carbocycles. The highest BCUT2D eigenvalue weighted by Crippen LogP contribution is 2.61. The molecule has 36 heavy (non-hydrogen) atoms. The fraction of sp³-hybridized carbons (Fsp3) is 0.526. The molecular formula is C19H26FN3O11P2. The van der Waals surface area contributed by atoms with Crippen LogP contribution in [-0.4, -0.2) is 93.3 Å². The zero-order valence-corrected chi connectivity index (χ0v) is 20.9. The fourth-order valence-corrected chi connectivity index (χ4v) is 6.22. The Hall–Kier alpha value is -2.38. The molecule has 0 aromatic heterocycles. The number of benzene rings is 1. The van der Waals surface area contributed by atoms with Crippen molar-refractivity contribution < 1.29 is 57.0 Å². The van der Waals surface area contributed by atoms with Crippen LogP contribution < -0.4 is 9.80 Å². The normalized spacial score (nSPS) is 19.0. The molecule has 2 aliphatic rings. The second-order valence-electron chi connectivity index (χ2n) is 8.24. The van der Waals surface area contributed by atoms with Crippen molar-refractivity contribution in [2.45, 2.75) is 24.8 Å². The minimum atomic E-state index is -5.40. The van der Waals surface area contributed by atoms with Gasteiger partial charge < -0.3 is 33.9 Å². The number of amides is 3. The third-order valence-corrected chi connectivity index (χ3v) is 9.39. The van der Waals surface area contributed by atoms with E-state index in [2.05, 4.69) is 0 Å². The van der Waals surface area contributed by atoms with E-state index in [0.717, 1.165) is 17.9 Å². The highest BCUT2D eigenvalue weighted by atomic mass is 31.2. The number of hydrogen-bond donors (Lipinski definition) is 4. The first-order valence-corrected chi connectivity index (χ1v) is 14.1. The van der Waals surface area contributed by atoms with Gasteiger partial charge in [-0.25, -0.2) is 9.18 Å². The SMILES string of the molecule is CC(=O)N(CC1CN(c2ccc(N3CCOCC3)c(F)c2)C(=O)O1)C(=O)CC(P(=O)(O)O)P(=O)(O)O. The van der Waals surface area contributed by atoms with Crippen LogP contribution in [0.5, 0.6) is 0 Å². The lowest BCUT2D eigenvalue weighted by atomic mass is 10.2. The molecule has 0 aliphatic carbocycles. The van der Waals surface area contributed by atoms with Crippen LogP contribution in [0.15, 0.2) is 18.2 Å². The highest BCUT2D eigenvalue weighted by Gasteiger charge is 2.46. The summed E-state index contributed by atoms with van der Waals surface area (Å²) in [6, 6.07) is 4.16. The minimum absolute atomic E-state index is 0.167. The Balaban J connectivity index is 1.71. The van der Waals surface area contributed by atoms with Gasteiger partial charge in [-0.3, -0.25) is 28.5 Å². The van der Waals surface area contributed by atoms with Gasteiger partial charge >= 0.3 is 21.3 Å². The van der Waals surface area contributed by atoms with Gasteiger partial charge in [0.1, 0.15) is 11.9 Å². The van der Waals surface area contributed by atoms with Gasteiger partial charge in [0, 0.05) is 20.0 Å². The number of morpholine rings is 1. The average Bonchev–Trinajstić information content (AvgIpc) is 3.14. The zero-order chi connectivity index (χ0) is 26.8. The molecule has 0 bridgehead atoms. The van der Waals surface area contributed by atoms with E-state index in [1.165, 1.54) is 12.1 Å². The number of hydrogen-bond acceptors (Lipinski definition) is 8. The summed E-state index contributed by atoms with van der Waals surface area (Å²) in [6.07, 6.45) is -3.28. The molecular weight excluding hydrogens is 527 g/mol. The second kappa shape index (κ2) is 10.9. The first-order chi connectivity index (χ1) is 16.7. The molecule has 2 aliphatic heterocycles. The molecule has 2 heterocycles. The van der Waals surface area contributed by atoms with Crippen molar-refractivity contribution in [1.29, 1.82) is 0 Å². The number of carbonyl (C=O) groups is 3. The van der Waals surface area contributed by atoms with Crippen LogP contribution in [0, 0.1) is 5.82 Å². The smallest absolute Gasteiger partial charge is 0.414 e. The number of ether oxygens (including phenoxy) is 2. The lowest BCUT2D eigenvalue weighted by Crippen LogP contribution is -2.43. The summed E-state index contributed by atoms with van der Waals surface area (Å²) in [5, 5.41) is -2.63. The molecule has 2 fully saturated rings. The molecule has 3 rings (SSSR count). The van der Waals surface area contributed by atoms with E-state index in [4.69, 9.17) is 9.47 Å². The van der Waals surface area contributed by atoms with Crippen molar-refractivity contribution in [3.63, 3.8) is 0 Å². The van der Waals surface area contributed by atoms with Crippen LogP contribution in [0.1, 0.15) is 13.3 Å². The summed E-state index contributed by atoms with van der Waals surface area (Å²) in [4.78, 5) is 77.3. The number of imide groups is 1. The molecule has 0 saturated carbocycles. The summed E-state index contributed by atoms with van der Waals surface area (Å²) >= 11 is 0. The third-order valence-electron chi connectivity index (χ3n) is 5.67. The van der Waals surface area contributed by atoms with Gasteiger partial charge in [-0.2, -0.15) is 0 Å². The number of anilines is 2. The maximum absolute atomic E-state index is 14.8. The number of halogens is 1. The van der Waals surface area contributed by atoms with Gasteiger partial charge in [0.05, 0.1) is 44.1 Å². The molecule has 17 heteroatoms. The third kappa shape index (κ3) is 6.68. The van der Waals surface area contributed by atoms with E-state index in [1.807, 2.05) is 0 Å². The van der Waals surface area contributed by atoms with Crippen molar-refractivity contribution in [3.8, 4) is 0 Å². The molecule has 2 saturated heterocycles. The monoisotopic (exact) mass is 553 g/mol. The maximum Gasteiger partial charge on any atom is 0.414 e. The Kier molecular flexibility index (Phi) is 8.56. The van der Waals surface area contributed by atoms with Gasteiger partial charge in [-0.15, -0.1) is 0 Å². The summed E-state index contributed by atoms with van der Waals surface area (Å²) in [5.74, 6) is -2.74. The number of rotatable bonds is 8. The Bertz CT molecular complexity index is 1100. The Morgan fingerprint density at radius 2 is 1.78 bits per heavy atom. The van der Waals surface area contributed by atoms with E-state index in [-0.39, 0.29) is 12.2 Å². The molecule has 3 amide bonds. The molecule has 1 unspecified atom stereocenters. The lowest BCUT2D eigenvalue weighted by Gasteiger charge is -2.29. The van der Waals surface area contributed by atoms with E-state index >= 15 is 0 Å². The summed E-state index contributed by atoms with van der Waals surface area (Å²) < 4.78 is 48.1. The first-order valence-electron chi connectivity index (χ1n) is 10.7. The molecule has 200 valence electrons. The van der Waals surface area contributed by atoms with Gasteiger partial charge in [0.15, 0.2) is 5.40 Å². The van der Waals surface area contributed by atoms with Gasteiger partial charge in [0.2, 0.25) is 11.8 Å². The second-order valence-corrected chi connectivity index (χ2v) is 12.2. The van der Waals surface area contributed by atoms with Crippen molar-refractivity contribution in [3.05, 3.63) is 24.0 Å². The van der Waals surface area contributed by atoms with E-state index < -0.39 is 63.4 Å². The zero-order valence-electron chi connectivity index (χ0n) is 19.1. The van der Waals surface area contributed by atoms with Gasteiger partial charge in [0.25, 0.3) is 0 Å². The summed E-state index contributed by atoms with van der Waals surface area (Å²) in [6.45, 7) is 2.14. The fourth-order valence-electron chi connectivity index (χ4n) is 3.86. The van der Waals surface area contributed by atoms with E-state index in [0.29, 0.717) is 36.9 Å². The summed E-state index contributed by atoms with van der Waals surface area (Å²) in [5.41, 5.74) is 0.505. The number of carbonyl (C=O) groups excluding carboxylic acids is 3. The molecule has 1 atom stereocenters. The number of nitrogens with zero attached hydrogens (tertiary/aromatic N) is 3. The van der Waals surface area contributed by atoms with Crippen LogP contribution in [0.4, 0.5) is 20.6 Å². The van der Waals surface area contributed by atoms with E-state index in [1.54, 1.807) is 4.90 Å². The van der Waals surface area contributed by atoms with Crippen molar-refractivity contribution in [2.75, 3.05) is 49.2 Å². The Morgan fingerprint density at radius 1 is 1.17 bits per heavy atom. The minimum Gasteiger partial charge on any atom is -0.442 e. The predicted molar refractivity (Wildman–Crippen MR) is 122 cm³/mol. The van der Waals surface area contributed by atoms with Crippen molar-refractivity contribution >= 4 is 44.5 Å². The quantitative estimate of drug-likeness (QED) is 0.325. The van der Waals surface area contributed by atoms with Gasteiger partial charge in [-0.1, -0.05) is 0 Å². The largest absolute Gasteiger partial charge is 0.442 e. The molecule has 14 nitrogen and oxygen atoms in total. The predicted octanol–water partition coefficient (Wildman–Crippen LogP) is 0.434. The van der Waals surface area contributed by atoms with Crippen molar-refractivity contribution in [2.24, 2.45) is 0 Å². The van der Waals surface area contributed by atoms with Crippen molar-refractivity contribution in [1.82, 2.24) is 4.90 Å². The number of cyclic esters (lactones) is 1. The Labute approximate surface area is 204 Å². The molecule has 1 aromatic rings. The van der Waals surface area contributed by atoms with Crippen LogP contribution in [0.25, 0.3) is 0 Å². The van der Waals surface area contributed by atoms with Crippen LogP contribution in [-0.2, 0) is 28.2 Å². The average molecular weight is 553 g/mol. The highest BCUT2D eigenvalue weighted by molar-refractivity contribution is 7.70. The summed E-state index contributed by atoms with van der Waals surface area (Å²) in [7, 11) is -10.8. The standard InChI is InChI=1S/C19H26FN3O11P2/c1-12(24)22(17(25)9-18(35(27,28)29)36(30,31)32)10-14-11-23(19(26)34-14)13-2-3-16(15(20)8-13)21-4-6-33-7-5-21/h2-3,8,14,18H,4-7,9-11H2,1H3,(H2,27,28,29)(H2,30,31,32). The topological polar surface area (TPSA) is 194 Å². The van der Waals surface area contributed by atoms with Crippen LogP contribution >= 0.6 is 15.2 Å². The van der Waals surface area contributed by atoms with Crippen LogP contribution in [0.2, 0.25) is 0 Å². The lowest BCUT2D eigenvalue weighted by molar-refractivity contribution is -0.144.